The first kappa shape index (κ1) is 19.6. The second kappa shape index (κ2) is 7.74. The number of anilines is 1. The maximum atomic E-state index is 11.3. The molecule has 2 aromatic heterocycles. The van der Waals surface area contributed by atoms with Crippen molar-refractivity contribution in [2.24, 2.45) is 0 Å². The van der Waals surface area contributed by atoms with Gasteiger partial charge in [0.1, 0.15) is 0 Å². The highest BCUT2D eigenvalue weighted by Gasteiger charge is 2.23. The molecule has 1 aliphatic rings. The number of nitrogens with zero attached hydrogens (tertiary/aromatic N) is 3. The number of carbonyl (C=O) groups is 1. The molecule has 1 aliphatic heterocycles. The number of carboxylic acids is 1. The minimum atomic E-state index is -1.00. The Labute approximate surface area is 184 Å². The lowest BCUT2D eigenvalue weighted by molar-refractivity contribution is 0.0695. The molecule has 6 nitrogen and oxygen atoms in total. The number of aryl methyl sites for hydroxylation is 1. The Hall–Kier alpha value is -3.32. The van der Waals surface area contributed by atoms with E-state index in [0.717, 1.165) is 18.5 Å². The SMILES string of the molecule is CSc1cccc(-c2ccc3[nH]c4c(c3c2)CN(c2ncc(C(=O)O)c(C)n2)CC4)c1. The number of thioether (sulfide) groups is 1. The van der Waals surface area contributed by atoms with Gasteiger partial charge in [-0.15, -0.1) is 11.8 Å². The van der Waals surface area contributed by atoms with E-state index in [1.54, 1.807) is 18.7 Å². The summed E-state index contributed by atoms with van der Waals surface area (Å²) in [4.78, 5) is 27.0. The molecule has 0 aliphatic carbocycles. The van der Waals surface area contributed by atoms with Crippen molar-refractivity contribution in [3.05, 3.63) is 71.2 Å². The molecule has 0 spiro atoms. The second-order valence-corrected chi connectivity index (χ2v) is 8.60. The summed E-state index contributed by atoms with van der Waals surface area (Å²) < 4.78 is 0. The van der Waals surface area contributed by atoms with Gasteiger partial charge in [0.05, 0.1) is 11.3 Å². The van der Waals surface area contributed by atoms with E-state index in [2.05, 4.69) is 68.6 Å². The zero-order valence-corrected chi connectivity index (χ0v) is 18.2. The minimum absolute atomic E-state index is 0.144. The monoisotopic (exact) mass is 430 g/mol. The number of aromatic carboxylic acids is 1. The van der Waals surface area contributed by atoms with Crippen LogP contribution in [0.1, 0.15) is 27.3 Å². The molecule has 0 saturated heterocycles. The highest BCUT2D eigenvalue weighted by molar-refractivity contribution is 7.98. The van der Waals surface area contributed by atoms with Crippen molar-refractivity contribution < 1.29 is 9.90 Å². The van der Waals surface area contributed by atoms with Crippen molar-refractivity contribution in [3.8, 4) is 11.1 Å². The van der Waals surface area contributed by atoms with Crippen LogP contribution in [0.2, 0.25) is 0 Å². The summed E-state index contributed by atoms with van der Waals surface area (Å²) in [6, 6.07) is 15.2. The van der Waals surface area contributed by atoms with Crippen molar-refractivity contribution in [2.45, 2.75) is 24.8 Å². The molecule has 5 rings (SSSR count). The van der Waals surface area contributed by atoms with Crippen LogP contribution in [0.15, 0.2) is 53.6 Å². The lowest BCUT2D eigenvalue weighted by atomic mass is 10.00. The Balaban J connectivity index is 1.51. The topological polar surface area (TPSA) is 82.1 Å². The smallest absolute Gasteiger partial charge is 0.339 e. The molecule has 0 amide bonds. The minimum Gasteiger partial charge on any atom is -0.478 e. The second-order valence-electron chi connectivity index (χ2n) is 7.72. The van der Waals surface area contributed by atoms with Gasteiger partial charge in [0.25, 0.3) is 0 Å². The lowest BCUT2D eigenvalue weighted by Crippen LogP contribution is -2.31. The van der Waals surface area contributed by atoms with Crippen molar-refractivity contribution >= 4 is 34.6 Å². The number of H-pyrrole nitrogens is 1. The van der Waals surface area contributed by atoms with Crippen molar-refractivity contribution in [1.82, 2.24) is 15.0 Å². The van der Waals surface area contributed by atoms with Crippen molar-refractivity contribution in [3.63, 3.8) is 0 Å². The van der Waals surface area contributed by atoms with Gasteiger partial charge in [0.15, 0.2) is 0 Å². The summed E-state index contributed by atoms with van der Waals surface area (Å²) in [6.07, 6.45) is 4.36. The van der Waals surface area contributed by atoms with E-state index in [9.17, 15) is 9.90 Å². The van der Waals surface area contributed by atoms with Gasteiger partial charge in [0, 0.05) is 52.8 Å². The van der Waals surface area contributed by atoms with Gasteiger partial charge in [-0.1, -0.05) is 18.2 Å². The van der Waals surface area contributed by atoms with E-state index in [4.69, 9.17) is 0 Å². The fraction of sp³-hybridized carbons (Fsp3) is 0.208. The van der Waals surface area contributed by atoms with Gasteiger partial charge in [-0.3, -0.25) is 0 Å². The van der Waals surface area contributed by atoms with Gasteiger partial charge < -0.3 is 15.0 Å². The molecule has 156 valence electrons. The average Bonchev–Trinajstić information content (AvgIpc) is 3.16. The third kappa shape index (κ3) is 3.55. The summed E-state index contributed by atoms with van der Waals surface area (Å²) >= 11 is 1.74. The van der Waals surface area contributed by atoms with Gasteiger partial charge >= 0.3 is 5.97 Å². The molecule has 3 heterocycles. The highest BCUT2D eigenvalue weighted by Crippen LogP contribution is 2.33. The highest BCUT2D eigenvalue weighted by atomic mass is 32.2. The number of fused-ring (bicyclic) bond motifs is 3. The van der Waals surface area contributed by atoms with Crippen LogP contribution in [0.25, 0.3) is 22.0 Å². The first-order valence-corrected chi connectivity index (χ1v) is 11.4. The summed E-state index contributed by atoms with van der Waals surface area (Å²) in [6.45, 7) is 3.19. The number of aromatic nitrogens is 3. The molecule has 7 heteroatoms. The Morgan fingerprint density at radius 1 is 1.19 bits per heavy atom. The molecule has 0 fully saturated rings. The molecule has 31 heavy (non-hydrogen) atoms. The molecule has 2 N–H and O–H groups in total. The van der Waals surface area contributed by atoms with Crippen LogP contribution in [-0.4, -0.2) is 38.8 Å². The van der Waals surface area contributed by atoms with Crippen LogP contribution in [0.4, 0.5) is 5.95 Å². The van der Waals surface area contributed by atoms with Crippen LogP contribution in [0.3, 0.4) is 0 Å². The molecule has 0 unspecified atom stereocenters. The van der Waals surface area contributed by atoms with Gasteiger partial charge in [0.2, 0.25) is 5.95 Å². The Bertz CT molecular complexity index is 1310. The molecule has 2 aromatic carbocycles. The van der Waals surface area contributed by atoms with E-state index < -0.39 is 5.97 Å². The number of benzene rings is 2. The van der Waals surface area contributed by atoms with E-state index >= 15 is 0 Å². The van der Waals surface area contributed by atoms with Crippen LogP contribution in [0, 0.1) is 6.92 Å². The fourth-order valence-corrected chi connectivity index (χ4v) is 4.64. The lowest BCUT2D eigenvalue weighted by Gasteiger charge is -2.27. The van der Waals surface area contributed by atoms with E-state index in [0.29, 0.717) is 18.2 Å². The van der Waals surface area contributed by atoms with Gasteiger partial charge in [-0.2, -0.15) is 0 Å². The number of carboxylic acid groups (broad SMARTS) is 1. The number of hydrogen-bond donors (Lipinski definition) is 2. The van der Waals surface area contributed by atoms with E-state index in [1.165, 1.54) is 38.9 Å². The zero-order chi connectivity index (χ0) is 21.5. The molecular weight excluding hydrogens is 408 g/mol. The largest absolute Gasteiger partial charge is 0.478 e. The number of aromatic amines is 1. The van der Waals surface area contributed by atoms with Crippen LogP contribution in [0.5, 0.6) is 0 Å². The number of nitrogens with one attached hydrogen (secondary N) is 1. The summed E-state index contributed by atoms with van der Waals surface area (Å²) in [5.74, 6) is -0.425. The van der Waals surface area contributed by atoms with Gasteiger partial charge in [-0.25, -0.2) is 14.8 Å². The molecule has 0 saturated carbocycles. The molecule has 0 atom stereocenters. The quantitative estimate of drug-likeness (QED) is 0.448. The predicted octanol–water partition coefficient (Wildman–Crippen LogP) is 4.92. The van der Waals surface area contributed by atoms with Crippen molar-refractivity contribution in [1.29, 1.82) is 0 Å². The third-order valence-electron chi connectivity index (χ3n) is 5.86. The average molecular weight is 431 g/mol. The predicted molar refractivity (Wildman–Crippen MR) is 124 cm³/mol. The third-order valence-corrected chi connectivity index (χ3v) is 6.58. The Morgan fingerprint density at radius 2 is 2.03 bits per heavy atom. The summed E-state index contributed by atoms with van der Waals surface area (Å²) in [5.41, 5.74) is 6.67. The molecule has 0 bridgehead atoms. The van der Waals surface area contributed by atoms with Crippen LogP contribution < -0.4 is 4.90 Å². The maximum absolute atomic E-state index is 11.3. The van der Waals surface area contributed by atoms with Gasteiger partial charge in [-0.05, 0) is 48.6 Å². The first-order chi connectivity index (χ1) is 15.0. The zero-order valence-electron chi connectivity index (χ0n) is 17.3. The number of hydrogen-bond acceptors (Lipinski definition) is 5. The first-order valence-electron chi connectivity index (χ1n) is 10.1. The van der Waals surface area contributed by atoms with E-state index in [1.807, 2.05) is 0 Å². The fourth-order valence-electron chi connectivity index (χ4n) is 4.18. The molecular formula is C24H22N4O2S. The molecule has 0 radical (unpaired) electrons. The van der Waals surface area contributed by atoms with Crippen LogP contribution >= 0.6 is 11.8 Å². The van der Waals surface area contributed by atoms with Crippen LogP contribution in [-0.2, 0) is 13.0 Å². The normalized spacial score (nSPS) is 13.4. The standard InChI is InChI=1S/C24H22N4O2S/c1-14-19(23(29)30)12-25-24(26-14)28-9-8-22-20(13-28)18-11-16(6-7-21(18)27-22)15-4-3-5-17(10-15)31-2/h3-7,10-12,27H,8-9,13H2,1-2H3,(H,29,30). The Kier molecular flexibility index (Phi) is 4.90. The molecule has 4 aromatic rings. The number of rotatable bonds is 4. The Morgan fingerprint density at radius 3 is 2.81 bits per heavy atom. The maximum Gasteiger partial charge on any atom is 0.339 e. The summed E-state index contributed by atoms with van der Waals surface area (Å²) in [5, 5.41) is 10.5. The van der Waals surface area contributed by atoms with Crippen molar-refractivity contribution in [2.75, 3.05) is 17.7 Å². The summed E-state index contributed by atoms with van der Waals surface area (Å²) in [7, 11) is 0. The van der Waals surface area contributed by atoms with E-state index in [-0.39, 0.29) is 5.56 Å².